The molecule has 0 bridgehead atoms. The van der Waals surface area contributed by atoms with Crippen molar-refractivity contribution in [2.75, 3.05) is 27.5 Å². The number of fused-ring (bicyclic) bond motifs is 1. The van der Waals surface area contributed by atoms with Crippen molar-refractivity contribution in [1.82, 2.24) is 15.5 Å². The first-order chi connectivity index (χ1) is 22.1. The minimum atomic E-state index is -1.41. The van der Waals surface area contributed by atoms with Crippen molar-refractivity contribution in [2.45, 2.75) is 89.1 Å². The first-order valence-electron chi connectivity index (χ1n) is 15.3. The summed E-state index contributed by atoms with van der Waals surface area (Å²) in [5.41, 5.74) is 0.286. The number of benzene rings is 1. The molecule has 2 aliphatic rings. The minimum absolute atomic E-state index is 0.0662. The van der Waals surface area contributed by atoms with E-state index in [0.29, 0.717) is 5.56 Å². The van der Waals surface area contributed by atoms with Gasteiger partial charge in [0.25, 0.3) is 0 Å². The van der Waals surface area contributed by atoms with Crippen LogP contribution < -0.4 is 10.6 Å². The molecule has 1 aromatic carbocycles. The molecule has 3 amide bonds. The first kappa shape index (κ1) is 37.3. The van der Waals surface area contributed by atoms with E-state index < -0.39 is 72.5 Å². The van der Waals surface area contributed by atoms with Crippen LogP contribution in [0.5, 0.6) is 0 Å². The lowest BCUT2D eigenvalue weighted by molar-refractivity contribution is -0.155. The van der Waals surface area contributed by atoms with Crippen LogP contribution in [0.2, 0.25) is 0 Å². The lowest BCUT2D eigenvalue weighted by Gasteiger charge is -2.31. The second-order valence-electron chi connectivity index (χ2n) is 12.6. The van der Waals surface area contributed by atoms with Crippen molar-refractivity contribution in [1.29, 1.82) is 0 Å². The van der Waals surface area contributed by atoms with Gasteiger partial charge in [-0.05, 0) is 64.0 Å². The third-order valence-corrected chi connectivity index (χ3v) is 7.26. The molecule has 1 fully saturated rings. The van der Waals surface area contributed by atoms with Crippen molar-refractivity contribution < 1.29 is 53.1 Å². The molecule has 3 rings (SSSR count). The molecule has 14 heteroatoms. The van der Waals surface area contributed by atoms with Gasteiger partial charge in [-0.25, -0.2) is 4.79 Å². The molecule has 6 atom stereocenters. The number of amides is 3. The van der Waals surface area contributed by atoms with Gasteiger partial charge in [-0.2, -0.15) is 0 Å². The molecule has 47 heavy (non-hydrogen) atoms. The van der Waals surface area contributed by atoms with E-state index in [9.17, 15) is 34.2 Å². The number of nitrogens with one attached hydrogen (secondary N) is 2. The molecule has 0 spiro atoms. The van der Waals surface area contributed by atoms with E-state index in [1.165, 1.54) is 24.0 Å². The Bertz CT molecular complexity index is 1370. The fraction of sp³-hybridized carbons (Fsp3) is 0.545. The monoisotopic (exact) mass is 659 g/mol. The van der Waals surface area contributed by atoms with Crippen molar-refractivity contribution in [3.63, 3.8) is 0 Å². The molecule has 1 aromatic rings. The molecule has 1 heterocycles. The maximum absolute atomic E-state index is 13.4. The maximum Gasteiger partial charge on any atom is 0.338 e. The molecule has 0 saturated carbocycles. The summed E-state index contributed by atoms with van der Waals surface area (Å²) >= 11 is 0. The highest BCUT2D eigenvalue weighted by molar-refractivity contribution is 5.98. The number of aliphatic hydroxyl groups is 2. The third kappa shape index (κ3) is 11.3. The summed E-state index contributed by atoms with van der Waals surface area (Å²) < 4.78 is 22.3. The largest absolute Gasteiger partial charge is 0.460 e. The molecule has 14 nitrogen and oxygen atoms in total. The highest BCUT2D eigenvalue weighted by Crippen LogP contribution is 2.31. The van der Waals surface area contributed by atoms with E-state index in [4.69, 9.17) is 18.9 Å². The zero-order valence-corrected chi connectivity index (χ0v) is 27.6. The lowest BCUT2D eigenvalue weighted by atomic mass is 9.91. The van der Waals surface area contributed by atoms with E-state index in [2.05, 4.69) is 10.6 Å². The Balaban J connectivity index is 1.66. The number of ether oxygens (including phenoxy) is 4. The Hall–Kier alpha value is -4.11. The number of hydrogen-bond donors (Lipinski definition) is 4. The first-order valence-corrected chi connectivity index (χ1v) is 15.3. The predicted molar refractivity (Wildman–Crippen MR) is 168 cm³/mol. The Morgan fingerprint density at radius 2 is 1.85 bits per heavy atom. The number of esters is 2. The van der Waals surface area contributed by atoms with Crippen LogP contribution >= 0.6 is 0 Å². The second kappa shape index (κ2) is 16.6. The maximum atomic E-state index is 13.4. The van der Waals surface area contributed by atoms with Gasteiger partial charge < -0.3 is 44.7 Å². The minimum Gasteiger partial charge on any atom is -0.460 e. The van der Waals surface area contributed by atoms with Crippen molar-refractivity contribution in [2.24, 2.45) is 0 Å². The summed E-state index contributed by atoms with van der Waals surface area (Å²) in [6.07, 6.45) is 0.795. The van der Waals surface area contributed by atoms with Crippen LogP contribution in [0.4, 0.5) is 0 Å². The zero-order chi connectivity index (χ0) is 34.9. The number of hydrogen-bond acceptors (Lipinski definition) is 11. The highest BCUT2D eigenvalue weighted by Gasteiger charge is 2.43. The summed E-state index contributed by atoms with van der Waals surface area (Å²) in [7, 11) is 3.25. The molecule has 258 valence electrons. The van der Waals surface area contributed by atoms with Crippen molar-refractivity contribution >= 4 is 35.7 Å². The Labute approximate surface area is 274 Å². The van der Waals surface area contributed by atoms with Gasteiger partial charge in [-0.3, -0.25) is 19.2 Å². The number of carbonyl (C=O) groups excluding carboxylic acids is 5. The lowest BCUT2D eigenvalue weighted by Crippen LogP contribution is -2.55. The van der Waals surface area contributed by atoms with E-state index in [-0.39, 0.29) is 43.1 Å². The van der Waals surface area contributed by atoms with Gasteiger partial charge in [0.05, 0.1) is 24.3 Å². The van der Waals surface area contributed by atoms with Crippen LogP contribution in [0.15, 0.2) is 42.0 Å². The highest BCUT2D eigenvalue weighted by atomic mass is 16.7. The average molecular weight is 660 g/mol. The van der Waals surface area contributed by atoms with Gasteiger partial charge in [-0.15, -0.1) is 0 Å². The Morgan fingerprint density at radius 3 is 2.49 bits per heavy atom. The van der Waals surface area contributed by atoms with Gasteiger partial charge in [0.1, 0.15) is 36.7 Å². The van der Waals surface area contributed by atoms with Gasteiger partial charge in [-0.1, -0.05) is 12.1 Å². The second-order valence-corrected chi connectivity index (χ2v) is 12.6. The van der Waals surface area contributed by atoms with Gasteiger partial charge >= 0.3 is 11.9 Å². The predicted octanol–water partition coefficient (Wildman–Crippen LogP) is 0.850. The van der Waals surface area contributed by atoms with Crippen LogP contribution in [0.1, 0.15) is 62.9 Å². The number of nitrogens with zero attached hydrogens (tertiary/aromatic N) is 1. The summed E-state index contributed by atoms with van der Waals surface area (Å²) in [4.78, 5) is 65.0. The van der Waals surface area contributed by atoms with Crippen LogP contribution in [0.3, 0.4) is 0 Å². The third-order valence-electron chi connectivity index (χ3n) is 7.26. The zero-order valence-electron chi connectivity index (χ0n) is 27.6. The normalized spacial score (nSPS) is 21.1. The quantitative estimate of drug-likeness (QED) is 0.174. The summed E-state index contributed by atoms with van der Waals surface area (Å²) in [6.45, 7) is 5.93. The number of carbonyl (C=O) groups is 5. The molecule has 1 aliphatic heterocycles. The SMILES string of the molecule is CC(O)C(NC(=O)C1=CC2OCOC2C(OC(=O)c2cccc(C=CC(=O)N(C)C)c2)C1)C(=O)NC(CO)CCC(=O)OC(C)(C)C. The molecular formula is C33H45N3O11. The molecule has 0 radical (unpaired) electrons. The smallest absolute Gasteiger partial charge is 0.338 e. The van der Waals surface area contributed by atoms with Crippen LogP contribution in [-0.4, -0.2) is 114 Å². The molecule has 4 N–H and O–H groups in total. The fourth-order valence-corrected chi connectivity index (χ4v) is 4.84. The molecule has 1 saturated heterocycles. The van der Waals surface area contributed by atoms with E-state index >= 15 is 0 Å². The number of aliphatic hydroxyl groups excluding tert-OH is 2. The molecule has 1 aliphatic carbocycles. The topological polar surface area (TPSA) is 190 Å². The van der Waals surface area contributed by atoms with Gasteiger partial charge in [0, 0.05) is 38.6 Å². The van der Waals surface area contributed by atoms with Crippen LogP contribution in [-0.2, 0) is 38.1 Å². The summed E-state index contributed by atoms with van der Waals surface area (Å²) in [5, 5.41) is 25.2. The summed E-state index contributed by atoms with van der Waals surface area (Å²) in [5.74, 6) is -2.86. The van der Waals surface area contributed by atoms with E-state index in [0.717, 1.165) is 0 Å². The van der Waals surface area contributed by atoms with Crippen molar-refractivity contribution in [3.8, 4) is 0 Å². The molecule has 6 unspecified atom stereocenters. The summed E-state index contributed by atoms with van der Waals surface area (Å²) in [6, 6.07) is 4.25. The Morgan fingerprint density at radius 1 is 1.13 bits per heavy atom. The van der Waals surface area contributed by atoms with Gasteiger partial charge in [0.15, 0.2) is 0 Å². The fourth-order valence-electron chi connectivity index (χ4n) is 4.84. The van der Waals surface area contributed by atoms with E-state index in [1.54, 1.807) is 65.2 Å². The van der Waals surface area contributed by atoms with Crippen molar-refractivity contribution in [3.05, 3.63) is 53.1 Å². The van der Waals surface area contributed by atoms with E-state index in [1.807, 2.05) is 0 Å². The molecular weight excluding hydrogens is 614 g/mol. The van der Waals surface area contributed by atoms with Crippen LogP contribution in [0.25, 0.3) is 6.08 Å². The van der Waals surface area contributed by atoms with Gasteiger partial charge in [0.2, 0.25) is 17.7 Å². The average Bonchev–Trinajstić information content (AvgIpc) is 3.48. The Kier molecular flexibility index (Phi) is 13.2. The standard InChI is InChI=1S/C33H45N3O11/c1-19(38)28(31(42)34-23(17-37)11-13-27(40)47-33(2,3)4)35-30(41)22-15-24-29(45-18-44-24)25(16-22)46-32(43)21-9-7-8-20(14-21)10-12-26(39)36(5)6/h7-10,12,14-15,19,23-25,28-29,37-38H,11,13,16-18H2,1-6H3,(H,34,42)(H,35,41). The number of rotatable bonds is 13. The molecule has 0 aromatic heterocycles. The van der Waals surface area contributed by atoms with Crippen LogP contribution in [0, 0.1) is 0 Å². The number of likely N-dealkylation sites (N-methyl/N-ethyl adjacent to an activating group) is 1.